The minimum absolute atomic E-state index is 0.290. The van der Waals surface area contributed by atoms with E-state index in [9.17, 15) is 0 Å². The molecular weight excluding hydrogens is 1120 g/mol. The van der Waals surface area contributed by atoms with Crippen LogP contribution >= 0.6 is 0 Å². The molecule has 0 atom stereocenters. The molecule has 6 aromatic heterocycles. The molecule has 14 aromatic carbocycles. The van der Waals surface area contributed by atoms with E-state index in [1.807, 2.05) is 0 Å². The van der Waals surface area contributed by atoms with Crippen molar-refractivity contribution in [1.29, 1.82) is 0 Å². The Balaban J connectivity index is 0.938. The molecule has 0 fully saturated rings. The number of anilines is 6. The van der Waals surface area contributed by atoms with Crippen molar-refractivity contribution in [1.82, 2.24) is 13.5 Å². The predicted molar refractivity (Wildman–Crippen MR) is 384 cm³/mol. The molecule has 7 nitrogen and oxygen atoms in total. The van der Waals surface area contributed by atoms with Crippen molar-refractivity contribution in [2.24, 2.45) is 0 Å². The summed E-state index contributed by atoms with van der Waals surface area (Å²) in [5, 5.41) is 13.9. The fourth-order valence-electron chi connectivity index (χ4n) is 16.8. The molecule has 8 heterocycles. The quantitative estimate of drug-likeness (QED) is 0.161. The van der Waals surface area contributed by atoms with Gasteiger partial charge in [0.25, 0.3) is 6.71 Å². The van der Waals surface area contributed by atoms with E-state index in [0.29, 0.717) is 0 Å². The minimum Gasteiger partial charge on any atom is -0.456 e. The average molecular weight is 1170 g/mol. The Bertz CT molecular complexity index is 6220. The second kappa shape index (κ2) is 17.8. The molecule has 0 aliphatic carbocycles. The molecule has 0 radical (unpaired) electrons. The molecule has 424 valence electrons. The van der Waals surface area contributed by atoms with Gasteiger partial charge >= 0.3 is 0 Å². The van der Waals surface area contributed by atoms with Crippen LogP contribution in [0, 0.1) is 0 Å². The van der Waals surface area contributed by atoms with Crippen LogP contribution in [-0.2, 0) is 0 Å². The molecule has 2 aliphatic heterocycles. The number of benzene rings is 14. The Labute approximate surface area is 525 Å². The summed E-state index contributed by atoms with van der Waals surface area (Å²) in [6.07, 6.45) is 0. The Morgan fingerprint density at radius 2 is 0.641 bits per heavy atom. The Kier molecular flexibility index (Phi) is 9.40. The van der Waals surface area contributed by atoms with Gasteiger partial charge < -0.3 is 32.2 Å². The molecule has 20 aromatic rings. The van der Waals surface area contributed by atoms with Gasteiger partial charge in [0, 0.05) is 98.8 Å². The summed E-state index contributed by atoms with van der Waals surface area (Å²) >= 11 is 0. The van der Waals surface area contributed by atoms with Gasteiger partial charge in [-0.15, -0.1) is 0 Å². The topological polar surface area (TPSA) is 47.0 Å². The van der Waals surface area contributed by atoms with E-state index in [1.165, 1.54) is 65.1 Å². The molecule has 0 spiro atoms. The van der Waals surface area contributed by atoms with Crippen molar-refractivity contribution in [2.45, 2.75) is 0 Å². The zero-order valence-electron chi connectivity index (χ0n) is 49.3. The van der Waals surface area contributed by atoms with Crippen LogP contribution in [0.25, 0.3) is 148 Å². The van der Waals surface area contributed by atoms with Crippen molar-refractivity contribution < 1.29 is 8.83 Å². The average Bonchev–Trinajstić information content (AvgIpc) is 1.07. The summed E-state index contributed by atoms with van der Waals surface area (Å²) < 4.78 is 21.4. The summed E-state index contributed by atoms with van der Waals surface area (Å²) in [5.41, 5.74) is 26.2. The van der Waals surface area contributed by atoms with E-state index in [-0.39, 0.29) is 6.71 Å². The monoisotopic (exact) mass is 1170 g/mol. The van der Waals surface area contributed by atoms with Crippen LogP contribution in [0.5, 0.6) is 0 Å². The van der Waals surface area contributed by atoms with E-state index in [1.54, 1.807) is 0 Å². The number of fused-ring (bicyclic) bond motifs is 22. The van der Waals surface area contributed by atoms with Crippen molar-refractivity contribution in [2.75, 3.05) is 9.80 Å². The van der Waals surface area contributed by atoms with Gasteiger partial charge in [0.2, 0.25) is 0 Å². The highest BCUT2D eigenvalue weighted by atomic mass is 16.3. The van der Waals surface area contributed by atoms with Crippen molar-refractivity contribution >= 4 is 183 Å². The molecular formula is C84H48BN5O2. The minimum atomic E-state index is -0.290. The van der Waals surface area contributed by atoms with Crippen LogP contribution in [-0.4, -0.2) is 20.2 Å². The molecule has 2 aliphatic rings. The maximum Gasteiger partial charge on any atom is 0.252 e. The number of hydrogen-bond donors (Lipinski definition) is 0. The Morgan fingerprint density at radius 1 is 0.250 bits per heavy atom. The molecule has 0 amide bonds. The second-order valence-electron chi connectivity index (χ2n) is 25.1. The fraction of sp³-hybridized carbons (Fsp3) is 0. The molecule has 92 heavy (non-hydrogen) atoms. The summed E-state index contributed by atoms with van der Waals surface area (Å²) in [5.74, 6) is 0. The standard InChI is InChI=1S/C84H48BN5O2/c1-3-21-51(22-4-1)86-67-33-15-9-29-57(67)81-69(86)35-19-37-71(81)88-73-45-59-55-27-11-17-39-77(55)91-79(59)47-63(73)85-64-48-80-60(56-28-12-18-40-78(56)92-80)46-74(64)89(72-38-20-36-70-82(72)58-30-10-16-34-68(58)87(70)52-23-5-2-6-24-52)76-44-50(43-75(88)83(76)85)49-41-61-53-25-7-13-31-65(53)90-66-32-14-8-26-54(66)62(42-49)84(61)90/h1-48H. The van der Waals surface area contributed by atoms with Crippen molar-refractivity contribution in [3.63, 3.8) is 0 Å². The Hall–Kier alpha value is -12.3. The first kappa shape index (κ1) is 48.7. The third-order valence-corrected chi connectivity index (χ3v) is 20.5. The SMILES string of the molecule is c1ccc(-n2c3ccccc3c3c(N4c5cc6c(cc5B5c7cc8oc9ccccc9c8cc7N(c7cccc8c7c7ccccc7n8-c7ccccc7)c7cc(-c8cc9c%10ccccc%10n%10c%11ccccc%11c(c8)c9%10)cc4c75)oc4ccccc46)cccc32)cc1. The highest BCUT2D eigenvalue weighted by Gasteiger charge is 2.46. The zero-order chi connectivity index (χ0) is 59.6. The van der Waals surface area contributed by atoms with Crippen molar-refractivity contribution in [3.8, 4) is 22.5 Å². The van der Waals surface area contributed by atoms with Crippen molar-refractivity contribution in [3.05, 3.63) is 291 Å². The molecule has 0 saturated carbocycles. The normalized spacial score (nSPS) is 13.2. The van der Waals surface area contributed by atoms with E-state index < -0.39 is 0 Å². The van der Waals surface area contributed by atoms with Crippen LogP contribution in [0.1, 0.15) is 0 Å². The van der Waals surface area contributed by atoms with Crippen LogP contribution in [0.4, 0.5) is 34.1 Å². The molecule has 22 rings (SSSR count). The van der Waals surface area contributed by atoms with Crippen LogP contribution in [0.15, 0.2) is 300 Å². The lowest BCUT2D eigenvalue weighted by atomic mass is 9.33. The molecule has 0 unspecified atom stereocenters. The summed E-state index contributed by atoms with van der Waals surface area (Å²) in [4.78, 5) is 5.26. The van der Waals surface area contributed by atoms with E-state index in [0.717, 1.165) is 133 Å². The third kappa shape index (κ3) is 6.29. The number of furan rings is 2. The van der Waals surface area contributed by atoms with Crippen LogP contribution < -0.4 is 26.2 Å². The fourth-order valence-corrected chi connectivity index (χ4v) is 16.8. The largest absolute Gasteiger partial charge is 0.456 e. The number of aromatic nitrogens is 3. The first-order chi connectivity index (χ1) is 45.7. The summed E-state index contributed by atoms with van der Waals surface area (Å²) in [6, 6.07) is 108. The van der Waals surface area contributed by atoms with Gasteiger partial charge in [-0.05, 0) is 161 Å². The maximum atomic E-state index is 7.02. The van der Waals surface area contributed by atoms with Gasteiger partial charge in [0.1, 0.15) is 22.3 Å². The second-order valence-corrected chi connectivity index (χ2v) is 25.1. The lowest BCUT2D eigenvalue weighted by Gasteiger charge is -2.44. The lowest BCUT2D eigenvalue weighted by Crippen LogP contribution is -2.61. The van der Waals surface area contributed by atoms with Gasteiger partial charge in [-0.3, -0.25) is 0 Å². The summed E-state index contributed by atoms with van der Waals surface area (Å²) in [7, 11) is 0. The number of hydrogen-bond acceptors (Lipinski definition) is 4. The maximum absolute atomic E-state index is 7.02. The summed E-state index contributed by atoms with van der Waals surface area (Å²) in [6.45, 7) is -0.290. The molecule has 8 heteroatoms. The third-order valence-electron chi connectivity index (χ3n) is 20.5. The lowest BCUT2D eigenvalue weighted by molar-refractivity contribution is 0.669. The molecule has 0 saturated heterocycles. The van der Waals surface area contributed by atoms with Gasteiger partial charge in [0.05, 0.1) is 50.0 Å². The number of nitrogens with zero attached hydrogens (tertiary/aromatic N) is 5. The number of para-hydroxylation sites is 8. The first-order valence-electron chi connectivity index (χ1n) is 31.7. The van der Waals surface area contributed by atoms with E-state index >= 15 is 0 Å². The van der Waals surface area contributed by atoms with Crippen LogP contribution in [0.3, 0.4) is 0 Å². The van der Waals surface area contributed by atoms with Gasteiger partial charge in [-0.1, -0.05) is 158 Å². The van der Waals surface area contributed by atoms with Gasteiger partial charge in [0.15, 0.2) is 0 Å². The smallest absolute Gasteiger partial charge is 0.252 e. The predicted octanol–water partition coefficient (Wildman–Crippen LogP) is 20.6. The Morgan fingerprint density at radius 3 is 1.12 bits per heavy atom. The highest BCUT2D eigenvalue weighted by Crippen LogP contribution is 2.53. The van der Waals surface area contributed by atoms with Crippen LogP contribution in [0.2, 0.25) is 0 Å². The van der Waals surface area contributed by atoms with E-state index in [4.69, 9.17) is 8.83 Å². The van der Waals surface area contributed by atoms with E-state index in [2.05, 4.69) is 315 Å². The van der Waals surface area contributed by atoms with Gasteiger partial charge in [-0.2, -0.15) is 0 Å². The van der Waals surface area contributed by atoms with Gasteiger partial charge in [-0.25, -0.2) is 0 Å². The molecule has 0 bridgehead atoms. The number of rotatable bonds is 5. The first-order valence-corrected chi connectivity index (χ1v) is 31.7. The molecule has 0 N–H and O–H groups in total. The zero-order valence-corrected chi connectivity index (χ0v) is 49.3. The highest BCUT2D eigenvalue weighted by molar-refractivity contribution is 7.00.